The second-order valence-corrected chi connectivity index (χ2v) is 9.55. The van der Waals surface area contributed by atoms with E-state index in [2.05, 4.69) is 15.6 Å². The molecule has 0 aliphatic heterocycles. The van der Waals surface area contributed by atoms with E-state index in [9.17, 15) is 35.9 Å². The number of hydrogen-bond donors (Lipinski definition) is 2. The largest absolute Gasteiger partial charge is 0.416 e. The van der Waals surface area contributed by atoms with Gasteiger partial charge in [0.05, 0.1) is 11.1 Å². The molecule has 4 rings (SSSR count). The van der Waals surface area contributed by atoms with Gasteiger partial charge < -0.3 is 15.5 Å². The van der Waals surface area contributed by atoms with Gasteiger partial charge in [0.25, 0.3) is 5.91 Å². The Kier molecular flexibility index (Phi) is 7.95. The second-order valence-electron chi connectivity index (χ2n) is 8.70. The minimum Gasteiger partial charge on any atom is -0.352 e. The maximum atomic E-state index is 13.1. The third-order valence-electron chi connectivity index (χ3n) is 5.74. The molecule has 6 nitrogen and oxygen atoms in total. The summed E-state index contributed by atoms with van der Waals surface area (Å²) >= 11 is 1.06. The molecule has 2 N–H and O–H groups in total. The number of anilines is 2. The molecule has 0 atom stereocenters. The van der Waals surface area contributed by atoms with E-state index in [1.54, 1.807) is 0 Å². The van der Waals surface area contributed by atoms with E-state index in [4.69, 9.17) is 0 Å². The molecule has 13 heteroatoms. The number of nitrogens with zero attached hydrogens (tertiary/aromatic N) is 2. The number of alkyl halides is 6. The number of halogens is 6. The maximum Gasteiger partial charge on any atom is 0.416 e. The fourth-order valence-electron chi connectivity index (χ4n) is 3.68. The number of hydrogen-bond acceptors (Lipinski definition) is 5. The molecule has 3 aromatic rings. The first-order valence-corrected chi connectivity index (χ1v) is 12.4. The van der Waals surface area contributed by atoms with Crippen molar-refractivity contribution in [3.63, 3.8) is 0 Å². The highest BCUT2D eigenvalue weighted by Gasteiger charge is 2.34. The van der Waals surface area contributed by atoms with Crippen molar-refractivity contribution in [2.24, 2.45) is 0 Å². The zero-order valence-electron chi connectivity index (χ0n) is 19.7. The van der Waals surface area contributed by atoms with Gasteiger partial charge in [0.1, 0.15) is 5.69 Å². The summed E-state index contributed by atoms with van der Waals surface area (Å²) in [5.41, 5.74) is -1.06. The summed E-state index contributed by atoms with van der Waals surface area (Å²) in [6.07, 6.45) is -7.51. The Balaban J connectivity index is 1.33. The quantitative estimate of drug-likeness (QED) is 0.306. The molecule has 0 saturated heterocycles. The summed E-state index contributed by atoms with van der Waals surface area (Å²) in [6, 6.07) is 9.20. The number of benzene rings is 2. The van der Waals surface area contributed by atoms with Crippen LogP contribution in [0.3, 0.4) is 0 Å². The number of nitrogens with one attached hydrogen (secondary N) is 2. The molecule has 0 spiro atoms. The highest BCUT2D eigenvalue weighted by molar-refractivity contribution is 7.14. The van der Waals surface area contributed by atoms with Crippen LogP contribution in [0.15, 0.2) is 53.9 Å². The number of rotatable bonds is 9. The van der Waals surface area contributed by atoms with Gasteiger partial charge in [-0.05, 0) is 48.7 Å². The van der Waals surface area contributed by atoms with E-state index >= 15 is 0 Å². The molecule has 1 saturated carbocycles. The topological polar surface area (TPSA) is 74.3 Å². The van der Waals surface area contributed by atoms with Crippen LogP contribution in [0.2, 0.25) is 0 Å². The Morgan fingerprint density at radius 2 is 1.63 bits per heavy atom. The molecular weight excluding hydrogens is 534 g/mol. The lowest BCUT2D eigenvalue weighted by Crippen LogP contribution is -2.37. The van der Waals surface area contributed by atoms with Gasteiger partial charge in [-0.25, -0.2) is 4.98 Å². The third kappa shape index (κ3) is 7.24. The monoisotopic (exact) mass is 556 g/mol. The summed E-state index contributed by atoms with van der Waals surface area (Å²) in [5.74, 6) is -0.836. The Morgan fingerprint density at radius 1 is 0.974 bits per heavy atom. The number of amides is 2. The van der Waals surface area contributed by atoms with Gasteiger partial charge in [-0.1, -0.05) is 18.2 Å². The van der Waals surface area contributed by atoms with Crippen LogP contribution >= 0.6 is 11.3 Å². The predicted molar refractivity (Wildman–Crippen MR) is 129 cm³/mol. The highest BCUT2D eigenvalue weighted by atomic mass is 32.1. The van der Waals surface area contributed by atoms with Crippen molar-refractivity contribution in [3.05, 3.63) is 76.3 Å². The second kappa shape index (κ2) is 11.0. The molecule has 2 aromatic carbocycles. The fraction of sp³-hybridized carbons (Fsp3) is 0.320. The molecule has 1 fully saturated rings. The average Bonchev–Trinajstić information content (AvgIpc) is 3.59. The van der Waals surface area contributed by atoms with Crippen molar-refractivity contribution in [2.45, 2.75) is 44.2 Å². The summed E-state index contributed by atoms with van der Waals surface area (Å²) in [6.45, 7) is 0.00260. The molecule has 0 bridgehead atoms. The highest BCUT2D eigenvalue weighted by Crippen LogP contribution is 2.33. The van der Waals surface area contributed by atoms with Gasteiger partial charge >= 0.3 is 12.4 Å². The van der Waals surface area contributed by atoms with Crippen molar-refractivity contribution in [2.75, 3.05) is 11.9 Å². The Morgan fingerprint density at radius 3 is 2.29 bits per heavy atom. The van der Waals surface area contributed by atoms with Crippen molar-refractivity contribution >= 4 is 34.0 Å². The molecule has 38 heavy (non-hydrogen) atoms. The SMILES string of the molecule is O=C(CCN(C(=O)c1csc(Nc2cccc(C(F)(F)F)c2)n1)C1CC1)NCc1cccc(C(F)(F)F)c1. The van der Waals surface area contributed by atoms with E-state index in [1.807, 2.05) is 0 Å². The molecule has 2 amide bonds. The van der Waals surface area contributed by atoms with Gasteiger partial charge in [-0.2, -0.15) is 26.3 Å². The van der Waals surface area contributed by atoms with Crippen molar-refractivity contribution in [3.8, 4) is 0 Å². The molecule has 0 unspecified atom stereocenters. The van der Waals surface area contributed by atoms with Crippen molar-refractivity contribution in [1.82, 2.24) is 15.2 Å². The Bertz CT molecular complexity index is 1300. The molecule has 1 heterocycles. The summed E-state index contributed by atoms with van der Waals surface area (Å²) in [4.78, 5) is 31.1. The van der Waals surface area contributed by atoms with E-state index in [0.29, 0.717) is 5.56 Å². The third-order valence-corrected chi connectivity index (χ3v) is 6.49. The summed E-state index contributed by atoms with van der Waals surface area (Å²) in [5, 5.41) is 7.07. The van der Waals surface area contributed by atoms with Crippen LogP contribution in [-0.2, 0) is 23.7 Å². The normalized spacial score (nSPS) is 13.7. The Hall–Kier alpha value is -3.61. The predicted octanol–water partition coefficient (Wildman–Crippen LogP) is 6.24. The van der Waals surface area contributed by atoms with Gasteiger partial charge in [-0.3, -0.25) is 9.59 Å². The van der Waals surface area contributed by atoms with Crippen LogP contribution < -0.4 is 10.6 Å². The number of aromatic nitrogens is 1. The van der Waals surface area contributed by atoms with Gasteiger partial charge in [0, 0.05) is 36.6 Å². The maximum absolute atomic E-state index is 13.1. The van der Waals surface area contributed by atoms with Crippen molar-refractivity contribution in [1.29, 1.82) is 0 Å². The summed E-state index contributed by atoms with van der Waals surface area (Å²) in [7, 11) is 0. The van der Waals surface area contributed by atoms with Crippen molar-refractivity contribution < 1.29 is 35.9 Å². The minimum atomic E-state index is -4.49. The van der Waals surface area contributed by atoms with Gasteiger partial charge in [0.15, 0.2) is 5.13 Å². The molecule has 1 aliphatic carbocycles. The van der Waals surface area contributed by atoms with Crippen LogP contribution in [0, 0.1) is 0 Å². The first kappa shape index (κ1) is 27.4. The zero-order chi connectivity index (χ0) is 27.5. The lowest BCUT2D eigenvalue weighted by atomic mass is 10.1. The van der Waals surface area contributed by atoms with E-state index in [0.717, 1.165) is 48.4 Å². The average molecular weight is 557 g/mol. The molecule has 202 valence electrons. The minimum absolute atomic E-state index is 0.0549. The van der Waals surface area contributed by atoms with Crippen LogP contribution in [0.5, 0.6) is 0 Å². The van der Waals surface area contributed by atoms with Gasteiger partial charge in [0.2, 0.25) is 5.91 Å². The van der Waals surface area contributed by atoms with Crippen LogP contribution in [0.4, 0.5) is 37.2 Å². The van der Waals surface area contributed by atoms with Crippen LogP contribution in [0.1, 0.15) is 46.4 Å². The number of thiazole rings is 1. The summed E-state index contributed by atoms with van der Waals surface area (Å²) < 4.78 is 77.5. The van der Waals surface area contributed by atoms with Gasteiger partial charge in [-0.15, -0.1) is 11.3 Å². The zero-order valence-corrected chi connectivity index (χ0v) is 20.5. The van der Waals surface area contributed by atoms with E-state index in [-0.39, 0.29) is 42.1 Å². The molecule has 1 aliphatic rings. The number of carbonyl (C=O) groups excluding carboxylic acids is 2. The fourth-order valence-corrected chi connectivity index (χ4v) is 4.38. The van der Waals surface area contributed by atoms with E-state index < -0.39 is 35.3 Å². The lowest BCUT2D eigenvalue weighted by molar-refractivity contribution is -0.138. The first-order chi connectivity index (χ1) is 17.9. The first-order valence-electron chi connectivity index (χ1n) is 11.5. The van der Waals surface area contributed by atoms with Crippen LogP contribution in [0.25, 0.3) is 0 Å². The molecular formula is C25H22F6N4O2S. The molecule has 0 radical (unpaired) electrons. The lowest BCUT2D eigenvalue weighted by Gasteiger charge is -2.21. The molecule has 1 aromatic heterocycles. The smallest absolute Gasteiger partial charge is 0.352 e. The van der Waals surface area contributed by atoms with Crippen LogP contribution in [-0.4, -0.2) is 34.3 Å². The standard InChI is InChI=1S/C25H22F6N4O2S/c26-24(27,28)16-4-1-3-15(11-16)13-32-21(36)9-10-35(19-7-8-19)22(37)20-14-38-23(34-20)33-18-6-2-5-17(12-18)25(29,30)31/h1-6,11-12,14,19H,7-10,13H2,(H,32,36)(H,33,34). The van der Waals surface area contributed by atoms with E-state index in [1.165, 1.54) is 34.5 Å². The Labute approximate surface area is 217 Å². The number of carbonyl (C=O) groups is 2.